The van der Waals surface area contributed by atoms with E-state index in [-0.39, 0.29) is 16.9 Å². The molecule has 1 fully saturated rings. The normalized spacial score (nSPS) is 17.0. The molecule has 1 aliphatic heterocycles. The van der Waals surface area contributed by atoms with Gasteiger partial charge < -0.3 is 5.11 Å². The fourth-order valence-corrected chi connectivity index (χ4v) is 3.24. The molecule has 1 heterocycles. The third-order valence-corrected chi connectivity index (χ3v) is 4.67. The number of thioether (sulfide) groups is 1. The first-order chi connectivity index (χ1) is 10.0. The lowest BCUT2D eigenvalue weighted by atomic mass is 10.2. The third kappa shape index (κ3) is 3.89. The Bertz CT molecular complexity index is 601. The fourth-order valence-electron chi connectivity index (χ4n) is 1.98. The molecule has 1 aromatic rings. The zero-order valence-electron chi connectivity index (χ0n) is 11.6. The van der Waals surface area contributed by atoms with Crippen LogP contribution in [-0.2, 0) is 4.79 Å². The maximum Gasteiger partial charge on any atom is 0.293 e. The Kier molecular flexibility index (Phi) is 5.47. The maximum atomic E-state index is 12.2. The van der Waals surface area contributed by atoms with Gasteiger partial charge in [-0.15, -0.1) is 0 Å². The fraction of sp³-hybridized carbons (Fsp3) is 0.333. The summed E-state index contributed by atoms with van der Waals surface area (Å²) >= 11 is 4.19. The van der Waals surface area contributed by atoms with Crippen LogP contribution in [0, 0.1) is 0 Å². The predicted molar refractivity (Wildman–Crippen MR) is 88.0 cm³/mol. The standard InChI is InChI=1S/C15H16BrNO3S/c1-2-3-4-7-17-14(19)13(21-15(17)20)9-10-5-6-12(18)11(16)8-10/h5-6,8-9,18H,2-4,7H2,1H3/b13-9-. The van der Waals surface area contributed by atoms with Gasteiger partial charge in [0.05, 0.1) is 9.38 Å². The number of imide groups is 1. The van der Waals surface area contributed by atoms with Crippen LogP contribution in [-0.4, -0.2) is 27.7 Å². The summed E-state index contributed by atoms with van der Waals surface area (Å²) in [7, 11) is 0. The molecule has 1 aliphatic rings. The van der Waals surface area contributed by atoms with Gasteiger partial charge in [0.25, 0.3) is 11.1 Å². The molecule has 0 unspecified atom stereocenters. The Morgan fingerprint density at radius 2 is 2.10 bits per heavy atom. The van der Waals surface area contributed by atoms with Crippen molar-refractivity contribution in [3.05, 3.63) is 33.1 Å². The number of hydrogen-bond acceptors (Lipinski definition) is 4. The van der Waals surface area contributed by atoms with Crippen molar-refractivity contribution in [2.75, 3.05) is 6.54 Å². The van der Waals surface area contributed by atoms with E-state index in [0.29, 0.717) is 15.9 Å². The minimum atomic E-state index is -0.231. The van der Waals surface area contributed by atoms with Crippen LogP contribution < -0.4 is 0 Å². The summed E-state index contributed by atoms with van der Waals surface area (Å²) in [5, 5.41) is 9.25. The van der Waals surface area contributed by atoms with Crippen molar-refractivity contribution >= 4 is 44.9 Å². The van der Waals surface area contributed by atoms with Crippen molar-refractivity contribution in [2.24, 2.45) is 0 Å². The van der Waals surface area contributed by atoms with E-state index in [1.165, 1.54) is 4.90 Å². The van der Waals surface area contributed by atoms with Gasteiger partial charge in [-0.05, 0) is 57.9 Å². The molecule has 0 aromatic heterocycles. The molecule has 21 heavy (non-hydrogen) atoms. The molecule has 2 amide bonds. The molecule has 0 radical (unpaired) electrons. The largest absolute Gasteiger partial charge is 0.507 e. The van der Waals surface area contributed by atoms with Crippen molar-refractivity contribution in [3.63, 3.8) is 0 Å². The van der Waals surface area contributed by atoms with Gasteiger partial charge in [0.15, 0.2) is 0 Å². The molecule has 112 valence electrons. The Hall–Kier alpha value is -1.27. The van der Waals surface area contributed by atoms with Gasteiger partial charge in [0, 0.05) is 6.54 Å². The lowest BCUT2D eigenvalue weighted by Gasteiger charge is -2.11. The van der Waals surface area contributed by atoms with Crippen LogP contribution in [0.2, 0.25) is 0 Å². The topological polar surface area (TPSA) is 57.6 Å². The number of aromatic hydroxyl groups is 1. The van der Waals surface area contributed by atoms with Gasteiger partial charge in [0.2, 0.25) is 0 Å². The SMILES string of the molecule is CCCCCN1C(=O)S/C(=C\c2ccc(O)c(Br)c2)C1=O. The van der Waals surface area contributed by atoms with Gasteiger partial charge in [-0.3, -0.25) is 14.5 Å². The van der Waals surface area contributed by atoms with Gasteiger partial charge in [-0.1, -0.05) is 25.8 Å². The second-order valence-electron chi connectivity index (χ2n) is 4.75. The first-order valence-corrected chi connectivity index (χ1v) is 8.37. The van der Waals surface area contributed by atoms with Crippen molar-refractivity contribution < 1.29 is 14.7 Å². The number of unbranched alkanes of at least 4 members (excludes halogenated alkanes) is 2. The second kappa shape index (κ2) is 7.13. The summed E-state index contributed by atoms with van der Waals surface area (Å²) in [6.45, 7) is 2.56. The van der Waals surface area contributed by atoms with Gasteiger partial charge >= 0.3 is 0 Å². The molecule has 2 rings (SSSR count). The molecule has 6 heteroatoms. The highest BCUT2D eigenvalue weighted by Gasteiger charge is 2.34. The highest BCUT2D eigenvalue weighted by Crippen LogP contribution is 2.33. The van der Waals surface area contributed by atoms with E-state index in [1.807, 2.05) is 0 Å². The Morgan fingerprint density at radius 1 is 1.33 bits per heavy atom. The number of halogens is 1. The maximum absolute atomic E-state index is 12.2. The van der Waals surface area contributed by atoms with Gasteiger partial charge in [-0.25, -0.2) is 0 Å². The zero-order chi connectivity index (χ0) is 15.4. The Morgan fingerprint density at radius 3 is 2.76 bits per heavy atom. The lowest BCUT2D eigenvalue weighted by Crippen LogP contribution is -2.29. The summed E-state index contributed by atoms with van der Waals surface area (Å²) in [5.74, 6) is -0.0925. The number of rotatable bonds is 5. The van der Waals surface area contributed by atoms with Crippen LogP contribution >= 0.6 is 27.7 Å². The van der Waals surface area contributed by atoms with Crippen molar-refractivity contribution in [1.82, 2.24) is 4.90 Å². The van der Waals surface area contributed by atoms with E-state index in [9.17, 15) is 14.7 Å². The van der Waals surface area contributed by atoms with E-state index in [0.717, 1.165) is 36.6 Å². The quantitative estimate of drug-likeness (QED) is 0.617. The van der Waals surface area contributed by atoms with Crippen LogP contribution in [0.15, 0.2) is 27.6 Å². The minimum absolute atomic E-state index is 0.139. The average Bonchev–Trinajstić information content (AvgIpc) is 2.70. The van der Waals surface area contributed by atoms with Crippen LogP contribution in [0.25, 0.3) is 6.08 Å². The molecule has 0 bridgehead atoms. The summed E-state index contributed by atoms with van der Waals surface area (Å²) in [4.78, 5) is 25.8. The Labute approximate surface area is 136 Å². The lowest BCUT2D eigenvalue weighted by molar-refractivity contribution is -0.122. The third-order valence-electron chi connectivity index (χ3n) is 3.13. The smallest absolute Gasteiger partial charge is 0.293 e. The molecule has 0 spiro atoms. The molecular weight excluding hydrogens is 354 g/mol. The molecule has 1 N–H and O–H groups in total. The summed E-state index contributed by atoms with van der Waals surface area (Å²) < 4.78 is 0.554. The number of carbonyl (C=O) groups is 2. The summed E-state index contributed by atoms with van der Waals surface area (Å²) in [5.41, 5.74) is 0.763. The number of amides is 2. The van der Waals surface area contributed by atoms with Crippen LogP contribution in [0.4, 0.5) is 4.79 Å². The predicted octanol–water partition coefficient (Wildman–Crippen LogP) is 4.38. The molecule has 0 aliphatic carbocycles. The second-order valence-corrected chi connectivity index (χ2v) is 6.60. The van der Waals surface area contributed by atoms with Crippen LogP contribution in [0.1, 0.15) is 31.7 Å². The first-order valence-electron chi connectivity index (χ1n) is 6.77. The molecular formula is C15H16BrNO3S. The number of nitrogens with zero attached hydrogens (tertiary/aromatic N) is 1. The molecule has 1 saturated heterocycles. The minimum Gasteiger partial charge on any atom is -0.507 e. The van der Waals surface area contributed by atoms with Crippen molar-refractivity contribution in [1.29, 1.82) is 0 Å². The number of hydrogen-bond donors (Lipinski definition) is 1. The van der Waals surface area contributed by atoms with E-state index >= 15 is 0 Å². The van der Waals surface area contributed by atoms with E-state index in [4.69, 9.17) is 0 Å². The average molecular weight is 370 g/mol. The highest BCUT2D eigenvalue weighted by atomic mass is 79.9. The highest BCUT2D eigenvalue weighted by molar-refractivity contribution is 9.10. The number of phenolic OH excluding ortho intramolecular Hbond substituents is 1. The number of benzene rings is 1. The van der Waals surface area contributed by atoms with Gasteiger partial charge in [-0.2, -0.15) is 0 Å². The van der Waals surface area contributed by atoms with E-state index < -0.39 is 0 Å². The molecule has 1 aromatic carbocycles. The summed E-state index contributed by atoms with van der Waals surface area (Å²) in [6.07, 6.45) is 4.57. The Balaban J connectivity index is 2.13. The van der Waals surface area contributed by atoms with E-state index in [2.05, 4.69) is 22.9 Å². The molecule has 0 atom stereocenters. The van der Waals surface area contributed by atoms with Crippen molar-refractivity contribution in [3.8, 4) is 5.75 Å². The zero-order valence-corrected chi connectivity index (χ0v) is 14.0. The molecule has 0 saturated carbocycles. The van der Waals surface area contributed by atoms with Gasteiger partial charge in [0.1, 0.15) is 5.75 Å². The number of carbonyl (C=O) groups excluding carboxylic acids is 2. The monoisotopic (exact) mass is 369 g/mol. The summed E-state index contributed by atoms with van der Waals surface area (Å²) in [6, 6.07) is 4.95. The van der Waals surface area contributed by atoms with Crippen molar-refractivity contribution in [2.45, 2.75) is 26.2 Å². The first kappa shape index (κ1) is 16.1. The van der Waals surface area contributed by atoms with E-state index in [1.54, 1.807) is 24.3 Å². The molecule has 4 nitrogen and oxygen atoms in total. The number of phenols is 1. The van der Waals surface area contributed by atoms with Crippen LogP contribution in [0.3, 0.4) is 0 Å². The van der Waals surface area contributed by atoms with Crippen LogP contribution in [0.5, 0.6) is 5.75 Å².